The van der Waals surface area contributed by atoms with Crippen LogP contribution in [0.1, 0.15) is 22.8 Å². The number of carbonyl (C=O) groups is 1. The van der Waals surface area contributed by atoms with Gasteiger partial charge in [0.05, 0.1) is 13.2 Å². The summed E-state index contributed by atoms with van der Waals surface area (Å²) >= 11 is 0. The zero-order chi connectivity index (χ0) is 17.7. The third-order valence-corrected chi connectivity index (χ3v) is 3.76. The third kappa shape index (κ3) is 6.39. The molecule has 0 saturated carbocycles. The first-order valence-electron chi connectivity index (χ1n) is 6.51. The second-order valence-corrected chi connectivity index (χ2v) is 5.82. The van der Waals surface area contributed by atoms with Crippen LogP contribution in [0.25, 0.3) is 0 Å². The van der Waals surface area contributed by atoms with Gasteiger partial charge in [-0.15, -0.1) is 0 Å². The van der Waals surface area contributed by atoms with Crippen molar-refractivity contribution in [3.8, 4) is 0 Å². The summed E-state index contributed by atoms with van der Waals surface area (Å²) in [4.78, 5) is 22.4. The Hall–Kier alpha value is -1.28. The maximum Gasteiger partial charge on any atom is 0.427 e. The zero-order valence-corrected chi connectivity index (χ0v) is 12.9. The number of alkyl halides is 4. The van der Waals surface area contributed by atoms with Crippen LogP contribution in [0.4, 0.5) is 17.6 Å². The monoisotopic (exact) mass is 357 g/mol. The maximum absolute atomic E-state index is 12.9. The van der Waals surface area contributed by atoms with E-state index in [0.717, 1.165) is 12.1 Å². The Bertz CT molecular complexity index is 573. The van der Waals surface area contributed by atoms with E-state index in [2.05, 4.69) is 9.05 Å². The predicted octanol–water partition coefficient (Wildman–Crippen LogP) is 2.83. The van der Waals surface area contributed by atoms with Crippen molar-refractivity contribution in [3.63, 3.8) is 0 Å². The van der Waals surface area contributed by atoms with E-state index in [1.165, 1.54) is 19.1 Å². The van der Waals surface area contributed by atoms with E-state index in [1.807, 2.05) is 0 Å². The lowest BCUT2D eigenvalue weighted by Crippen LogP contribution is -2.32. The van der Waals surface area contributed by atoms with Crippen LogP contribution in [0.2, 0.25) is 0 Å². The van der Waals surface area contributed by atoms with Crippen LogP contribution in [0.15, 0.2) is 24.3 Å². The van der Waals surface area contributed by atoms with E-state index >= 15 is 0 Å². The van der Waals surface area contributed by atoms with Crippen molar-refractivity contribution in [3.05, 3.63) is 35.4 Å². The first-order chi connectivity index (χ1) is 10.6. The lowest BCUT2D eigenvalue weighted by atomic mass is 10.0. The van der Waals surface area contributed by atoms with Crippen molar-refractivity contribution in [1.29, 1.82) is 0 Å². The molecule has 2 atom stereocenters. The molecule has 0 aromatic heterocycles. The van der Waals surface area contributed by atoms with Crippen LogP contribution in [0.5, 0.6) is 0 Å². The molecule has 23 heavy (non-hydrogen) atoms. The molecule has 2 unspecified atom stereocenters. The van der Waals surface area contributed by atoms with Gasteiger partial charge in [0, 0.05) is 5.56 Å². The Morgan fingerprint density at radius 1 is 1.26 bits per heavy atom. The summed E-state index contributed by atoms with van der Waals surface area (Å²) < 4.78 is 69.3. The van der Waals surface area contributed by atoms with E-state index in [4.69, 9.17) is 0 Å². The molecule has 0 aliphatic rings. The lowest BCUT2D eigenvalue weighted by molar-refractivity contribution is -0.224. The number of benzene rings is 1. The average Bonchev–Trinajstić information content (AvgIpc) is 2.45. The second-order valence-electron chi connectivity index (χ2n) is 4.41. The summed E-state index contributed by atoms with van der Waals surface area (Å²) in [5.41, 5.74) is 0.0729. The molecule has 1 aromatic carbocycles. The number of halogens is 4. The molecular weight excluding hydrogens is 343 g/mol. The van der Waals surface area contributed by atoms with E-state index in [1.54, 1.807) is 0 Å². The Morgan fingerprint density at radius 2 is 1.83 bits per heavy atom. The van der Waals surface area contributed by atoms with Gasteiger partial charge in [-0.1, -0.05) is 24.3 Å². The smallest absolute Gasteiger partial charge is 0.427 e. The predicted molar refractivity (Wildman–Crippen MR) is 70.6 cm³/mol. The molecule has 0 radical (unpaired) electrons. The quantitative estimate of drug-likeness (QED) is 0.406. The molecule has 0 spiro atoms. The fraction of sp³-hybridized carbons (Fsp3) is 0.462. The highest BCUT2D eigenvalue weighted by Crippen LogP contribution is 2.37. The molecule has 1 aromatic rings. The summed E-state index contributed by atoms with van der Waals surface area (Å²) in [6.45, 7) is 1.17. The average molecular weight is 357 g/mol. The highest BCUT2D eigenvalue weighted by Gasteiger charge is 2.45. The topological polar surface area (TPSA) is 75.7 Å². The van der Waals surface area contributed by atoms with Gasteiger partial charge >= 0.3 is 6.18 Å². The number of carbonyl (C=O) groups excluding carboxylic acids is 1. The molecule has 0 fully saturated rings. The van der Waals surface area contributed by atoms with E-state index < -0.39 is 31.5 Å². The van der Waals surface area contributed by atoms with Gasteiger partial charge in [0.2, 0.25) is 5.78 Å². The van der Waals surface area contributed by atoms with Crippen molar-refractivity contribution < 1.29 is 40.9 Å². The number of rotatable bonds is 8. The van der Waals surface area contributed by atoms with Gasteiger partial charge in [0.15, 0.2) is 0 Å². The maximum atomic E-state index is 12.9. The molecule has 0 heterocycles. The molecule has 0 aliphatic carbocycles. The van der Waals surface area contributed by atoms with Gasteiger partial charge in [-0.25, -0.2) is 4.39 Å². The molecule has 10 heteroatoms. The van der Waals surface area contributed by atoms with E-state index in [-0.39, 0.29) is 19.6 Å². The Morgan fingerprint density at radius 3 is 2.30 bits per heavy atom. The normalized spacial score (nSPS) is 15.9. The standard InChI is InChI=1S/C13H15F4O5P/c1-2-21-23(19,20)22-8-7-9-3-5-10(6-4-9)11(18)12(14)13(15,16)17/h3-6,12H,2,7-8H2,1H3,(H,19,20)/p-1. The second kappa shape index (κ2) is 8.01. The van der Waals surface area contributed by atoms with Gasteiger partial charge in [-0.3, -0.25) is 9.36 Å². The Kier molecular flexibility index (Phi) is 6.88. The molecule has 0 amide bonds. The van der Waals surface area contributed by atoms with Crippen LogP contribution < -0.4 is 4.89 Å². The van der Waals surface area contributed by atoms with E-state index in [0.29, 0.717) is 5.56 Å². The SMILES string of the molecule is CCOP(=O)([O-])OCCc1ccc(C(=O)C(F)C(F)(F)F)cc1. The minimum Gasteiger partial charge on any atom is -0.756 e. The highest BCUT2D eigenvalue weighted by atomic mass is 31.2. The molecule has 130 valence electrons. The number of hydrogen-bond acceptors (Lipinski definition) is 5. The van der Waals surface area contributed by atoms with E-state index in [9.17, 15) is 31.8 Å². The fourth-order valence-electron chi connectivity index (χ4n) is 1.60. The van der Waals surface area contributed by atoms with Crippen molar-refractivity contribution in [2.45, 2.75) is 25.7 Å². The first kappa shape index (κ1) is 19.8. The number of phosphoric ester groups is 1. The fourth-order valence-corrected chi connectivity index (χ4v) is 2.31. The Balaban J connectivity index is 2.60. The molecule has 0 bridgehead atoms. The van der Waals surface area contributed by atoms with Crippen molar-refractivity contribution in [1.82, 2.24) is 0 Å². The van der Waals surface area contributed by atoms with Crippen molar-refractivity contribution in [2.75, 3.05) is 13.2 Å². The number of phosphoric acid groups is 1. The summed E-state index contributed by atoms with van der Waals surface area (Å²) in [5.74, 6) is -1.68. The third-order valence-electron chi connectivity index (χ3n) is 2.68. The Labute approximate surface area is 129 Å². The summed E-state index contributed by atoms with van der Waals surface area (Å²) in [7, 11) is -4.37. The number of Topliss-reactive ketones (excluding diaryl/α,β-unsaturated/α-hetero) is 1. The zero-order valence-electron chi connectivity index (χ0n) is 12.0. The van der Waals surface area contributed by atoms with Crippen LogP contribution in [0.3, 0.4) is 0 Å². The van der Waals surface area contributed by atoms with Crippen LogP contribution in [-0.2, 0) is 20.0 Å². The van der Waals surface area contributed by atoms with Gasteiger partial charge < -0.3 is 13.9 Å². The first-order valence-corrected chi connectivity index (χ1v) is 7.97. The van der Waals surface area contributed by atoms with Gasteiger partial charge in [0.25, 0.3) is 14.0 Å². The minimum atomic E-state index is -5.25. The van der Waals surface area contributed by atoms with Crippen LogP contribution in [-0.4, -0.2) is 31.3 Å². The highest BCUT2D eigenvalue weighted by molar-refractivity contribution is 7.45. The molecule has 5 nitrogen and oxygen atoms in total. The van der Waals surface area contributed by atoms with Crippen LogP contribution >= 0.6 is 7.82 Å². The molecule has 0 saturated heterocycles. The molecule has 1 rings (SSSR count). The minimum absolute atomic E-state index is 0.0683. The summed E-state index contributed by atoms with van der Waals surface area (Å²) in [6, 6.07) is 4.65. The van der Waals surface area contributed by atoms with Crippen molar-refractivity contribution >= 4 is 13.6 Å². The van der Waals surface area contributed by atoms with Crippen molar-refractivity contribution in [2.24, 2.45) is 0 Å². The molecular formula is C13H14F4O5P-. The lowest BCUT2D eigenvalue weighted by Gasteiger charge is -2.21. The molecule has 0 aliphatic heterocycles. The number of hydrogen-bond donors (Lipinski definition) is 0. The summed E-state index contributed by atoms with van der Waals surface area (Å²) in [6.07, 6.45) is -8.71. The van der Waals surface area contributed by atoms with Crippen LogP contribution in [0, 0.1) is 0 Å². The number of ketones is 1. The molecule has 0 N–H and O–H groups in total. The summed E-state index contributed by atoms with van der Waals surface area (Å²) in [5, 5.41) is 0. The largest absolute Gasteiger partial charge is 0.756 e. The van der Waals surface area contributed by atoms with Gasteiger partial charge in [-0.05, 0) is 18.9 Å². The van der Waals surface area contributed by atoms with Gasteiger partial charge in [0.1, 0.15) is 0 Å². The van der Waals surface area contributed by atoms with Gasteiger partial charge in [-0.2, -0.15) is 13.2 Å².